The average Bonchev–Trinajstić information content (AvgIpc) is 2.46. The van der Waals surface area contributed by atoms with Crippen LogP contribution in [0.1, 0.15) is 27.7 Å². The van der Waals surface area contributed by atoms with Crippen molar-refractivity contribution in [1.29, 1.82) is 0 Å². The molecule has 0 saturated carbocycles. The molecular weight excluding hydrogens is 308 g/mol. The molecule has 0 aliphatic carbocycles. The molecule has 0 amide bonds. The maximum absolute atomic E-state index is 3.51. The number of anilines is 2. The van der Waals surface area contributed by atoms with Gasteiger partial charge < -0.3 is 10.6 Å². The Kier molecular flexibility index (Phi) is 6.52. The molecule has 0 bridgehead atoms. The normalized spacial score (nSPS) is 11.0. The monoisotopic (exact) mass is 332 g/mol. The maximum Gasteiger partial charge on any atom is 0.0489 e. The Morgan fingerprint density at radius 3 is 1.36 bits per heavy atom. The lowest BCUT2D eigenvalue weighted by molar-refractivity contribution is 0.894. The first-order valence-corrected chi connectivity index (χ1v) is 9.77. The van der Waals surface area contributed by atoms with Crippen molar-refractivity contribution in [2.45, 2.75) is 49.6 Å². The summed E-state index contributed by atoms with van der Waals surface area (Å²) in [5.74, 6) is 0. The first-order valence-electron chi connectivity index (χ1n) is 7.62. The van der Waals surface area contributed by atoms with Crippen LogP contribution in [0.5, 0.6) is 0 Å². The Labute approximate surface area is 141 Å². The molecule has 2 nitrogen and oxygen atoms in total. The molecule has 0 saturated heterocycles. The van der Waals surface area contributed by atoms with E-state index in [2.05, 4.69) is 86.9 Å². The van der Waals surface area contributed by atoms with E-state index < -0.39 is 0 Å². The van der Waals surface area contributed by atoms with Gasteiger partial charge in [-0.1, -0.05) is 45.9 Å². The van der Waals surface area contributed by atoms with Gasteiger partial charge in [0.15, 0.2) is 0 Å². The molecular formula is C18H24N2S2. The molecule has 0 aromatic heterocycles. The number of para-hydroxylation sites is 2. The number of hydrogen-bond acceptors (Lipinski definition) is 4. The molecule has 0 heterocycles. The van der Waals surface area contributed by atoms with Gasteiger partial charge in [-0.05, 0) is 52.0 Å². The predicted molar refractivity (Wildman–Crippen MR) is 102 cm³/mol. The molecule has 2 aromatic carbocycles. The van der Waals surface area contributed by atoms with E-state index in [4.69, 9.17) is 0 Å². The van der Waals surface area contributed by atoms with Crippen LogP contribution >= 0.6 is 21.6 Å². The molecule has 0 aliphatic rings. The Hall–Kier alpha value is -1.26. The standard InChI is InChI=1S/C18H24N2S2/c1-13(2)19-15-9-5-7-11-17(15)21-22-18-12-8-6-10-16(18)20-14(3)4/h5-14,19-20H,1-4H3. The first kappa shape index (κ1) is 17.1. The van der Waals surface area contributed by atoms with Crippen LogP contribution in [0.15, 0.2) is 58.3 Å². The van der Waals surface area contributed by atoms with E-state index in [1.165, 1.54) is 21.2 Å². The van der Waals surface area contributed by atoms with Gasteiger partial charge in [-0.3, -0.25) is 0 Å². The molecule has 2 aromatic rings. The second-order valence-corrected chi connectivity index (χ2v) is 7.97. The maximum atomic E-state index is 3.51. The lowest BCUT2D eigenvalue weighted by atomic mass is 10.3. The van der Waals surface area contributed by atoms with Gasteiger partial charge in [0, 0.05) is 33.2 Å². The van der Waals surface area contributed by atoms with Gasteiger partial charge in [0.1, 0.15) is 0 Å². The van der Waals surface area contributed by atoms with Gasteiger partial charge in [0.05, 0.1) is 0 Å². The lowest BCUT2D eigenvalue weighted by Crippen LogP contribution is -2.10. The highest BCUT2D eigenvalue weighted by atomic mass is 33.1. The minimum atomic E-state index is 0.432. The summed E-state index contributed by atoms with van der Waals surface area (Å²) in [6.45, 7) is 8.65. The van der Waals surface area contributed by atoms with Crippen molar-refractivity contribution >= 4 is 33.0 Å². The largest absolute Gasteiger partial charge is 0.382 e. The van der Waals surface area contributed by atoms with Gasteiger partial charge >= 0.3 is 0 Å². The molecule has 118 valence electrons. The Morgan fingerprint density at radius 1 is 0.636 bits per heavy atom. The second-order valence-electron chi connectivity index (χ2n) is 5.76. The highest BCUT2D eigenvalue weighted by molar-refractivity contribution is 8.76. The second kappa shape index (κ2) is 8.39. The summed E-state index contributed by atoms with van der Waals surface area (Å²) in [5.41, 5.74) is 2.40. The van der Waals surface area contributed by atoms with E-state index in [1.54, 1.807) is 21.6 Å². The quantitative estimate of drug-likeness (QED) is 0.596. The van der Waals surface area contributed by atoms with Crippen molar-refractivity contribution in [3.8, 4) is 0 Å². The van der Waals surface area contributed by atoms with Gasteiger partial charge in [0.2, 0.25) is 0 Å². The summed E-state index contributed by atoms with van der Waals surface area (Å²) in [6, 6.07) is 17.8. The summed E-state index contributed by atoms with van der Waals surface area (Å²) in [7, 11) is 3.60. The molecule has 2 rings (SSSR count). The molecule has 0 aliphatic heterocycles. The number of nitrogens with one attached hydrogen (secondary N) is 2. The topological polar surface area (TPSA) is 24.1 Å². The minimum Gasteiger partial charge on any atom is -0.382 e. The van der Waals surface area contributed by atoms with Crippen LogP contribution in [0.4, 0.5) is 11.4 Å². The van der Waals surface area contributed by atoms with Crippen LogP contribution in [-0.4, -0.2) is 12.1 Å². The zero-order valence-electron chi connectivity index (χ0n) is 13.6. The molecule has 0 fully saturated rings. The van der Waals surface area contributed by atoms with Gasteiger partial charge in [-0.15, -0.1) is 0 Å². The van der Waals surface area contributed by atoms with Crippen molar-refractivity contribution < 1.29 is 0 Å². The zero-order chi connectivity index (χ0) is 15.9. The van der Waals surface area contributed by atoms with Crippen LogP contribution in [0.3, 0.4) is 0 Å². The third-order valence-corrected chi connectivity index (χ3v) is 5.37. The first-order chi connectivity index (χ1) is 10.6. The third-order valence-electron chi connectivity index (χ3n) is 2.88. The molecule has 0 radical (unpaired) electrons. The number of hydrogen-bond donors (Lipinski definition) is 2. The Bertz CT molecular complexity index is 544. The van der Waals surface area contributed by atoms with Crippen LogP contribution < -0.4 is 10.6 Å². The Morgan fingerprint density at radius 2 is 1.00 bits per heavy atom. The van der Waals surface area contributed by atoms with E-state index in [9.17, 15) is 0 Å². The molecule has 4 heteroatoms. The zero-order valence-corrected chi connectivity index (χ0v) is 15.2. The minimum absolute atomic E-state index is 0.432. The summed E-state index contributed by atoms with van der Waals surface area (Å²) in [4.78, 5) is 2.53. The third kappa shape index (κ3) is 5.18. The summed E-state index contributed by atoms with van der Waals surface area (Å²) >= 11 is 0. The summed E-state index contributed by atoms with van der Waals surface area (Å²) in [5, 5.41) is 7.01. The van der Waals surface area contributed by atoms with E-state index in [-0.39, 0.29) is 0 Å². The van der Waals surface area contributed by atoms with Crippen LogP contribution in [0, 0.1) is 0 Å². The molecule has 0 unspecified atom stereocenters. The van der Waals surface area contributed by atoms with Crippen molar-refractivity contribution in [3.63, 3.8) is 0 Å². The van der Waals surface area contributed by atoms with Gasteiger partial charge in [0.25, 0.3) is 0 Å². The lowest BCUT2D eigenvalue weighted by Gasteiger charge is -2.16. The SMILES string of the molecule is CC(C)Nc1ccccc1SSc1ccccc1NC(C)C. The van der Waals surface area contributed by atoms with Crippen molar-refractivity contribution in [2.24, 2.45) is 0 Å². The highest BCUT2D eigenvalue weighted by Crippen LogP contribution is 2.43. The molecule has 2 N–H and O–H groups in total. The smallest absolute Gasteiger partial charge is 0.0489 e. The number of benzene rings is 2. The van der Waals surface area contributed by atoms with Crippen LogP contribution in [0.25, 0.3) is 0 Å². The van der Waals surface area contributed by atoms with E-state index >= 15 is 0 Å². The predicted octanol–water partition coefficient (Wildman–Crippen LogP) is 6.13. The van der Waals surface area contributed by atoms with Gasteiger partial charge in [-0.2, -0.15) is 0 Å². The van der Waals surface area contributed by atoms with E-state index in [0.29, 0.717) is 12.1 Å². The van der Waals surface area contributed by atoms with Crippen LogP contribution in [-0.2, 0) is 0 Å². The van der Waals surface area contributed by atoms with Crippen molar-refractivity contribution in [1.82, 2.24) is 0 Å². The van der Waals surface area contributed by atoms with Gasteiger partial charge in [-0.25, -0.2) is 0 Å². The average molecular weight is 333 g/mol. The van der Waals surface area contributed by atoms with E-state index in [1.807, 2.05) is 0 Å². The molecule has 0 atom stereocenters. The summed E-state index contributed by atoms with van der Waals surface area (Å²) < 4.78 is 0. The Balaban J connectivity index is 2.10. The van der Waals surface area contributed by atoms with Crippen molar-refractivity contribution in [2.75, 3.05) is 10.6 Å². The fourth-order valence-electron chi connectivity index (χ4n) is 2.03. The fourth-order valence-corrected chi connectivity index (χ4v) is 4.32. The number of rotatable bonds is 7. The van der Waals surface area contributed by atoms with E-state index in [0.717, 1.165) is 0 Å². The highest BCUT2D eigenvalue weighted by Gasteiger charge is 2.08. The van der Waals surface area contributed by atoms with Crippen molar-refractivity contribution in [3.05, 3.63) is 48.5 Å². The van der Waals surface area contributed by atoms with Crippen LogP contribution in [0.2, 0.25) is 0 Å². The summed E-state index contributed by atoms with van der Waals surface area (Å²) in [6.07, 6.45) is 0. The molecule has 22 heavy (non-hydrogen) atoms. The fraction of sp³-hybridized carbons (Fsp3) is 0.333. The molecule has 0 spiro atoms.